The standard InChI is InChI=1S/C16H25NO/c1-3-15(14-9-4-5-10-16(14)18)17-13-8-6-7-12(2)11-13/h4-5,9-10,12-13,15,17-18H,3,6-8,11H2,1-2H3. The minimum atomic E-state index is 0.279. The molecule has 0 amide bonds. The van der Waals surface area contributed by atoms with Gasteiger partial charge in [-0.25, -0.2) is 0 Å². The maximum atomic E-state index is 9.95. The molecule has 0 bridgehead atoms. The summed E-state index contributed by atoms with van der Waals surface area (Å²) in [6.45, 7) is 4.52. The lowest BCUT2D eigenvalue weighted by molar-refractivity contribution is 0.276. The van der Waals surface area contributed by atoms with Crippen LogP contribution in [0.2, 0.25) is 0 Å². The van der Waals surface area contributed by atoms with Crippen LogP contribution in [0.3, 0.4) is 0 Å². The summed E-state index contributed by atoms with van der Waals surface area (Å²) in [5.41, 5.74) is 1.04. The highest BCUT2D eigenvalue weighted by Crippen LogP contribution is 2.30. The van der Waals surface area contributed by atoms with Crippen molar-refractivity contribution in [1.29, 1.82) is 0 Å². The van der Waals surface area contributed by atoms with Gasteiger partial charge in [0.1, 0.15) is 5.75 Å². The molecule has 0 aromatic heterocycles. The van der Waals surface area contributed by atoms with Gasteiger partial charge in [-0.05, 0) is 31.2 Å². The average Bonchev–Trinajstić information content (AvgIpc) is 2.37. The van der Waals surface area contributed by atoms with Crippen molar-refractivity contribution in [3.63, 3.8) is 0 Å². The largest absolute Gasteiger partial charge is 0.508 e. The van der Waals surface area contributed by atoms with Gasteiger partial charge >= 0.3 is 0 Å². The van der Waals surface area contributed by atoms with Crippen LogP contribution in [0.25, 0.3) is 0 Å². The van der Waals surface area contributed by atoms with E-state index in [4.69, 9.17) is 0 Å². The number of phenols is 1. The molecule has 0 spiro atoms. The molecule has 0 aliphatic heterocycles. The lowest BCUT2D eigenvalue weighted by Crippen LogP contribution is -2.36. The molecule has 3 unspecified atom stereocenters. The maximum absolute atomic E-state index is 9.95. The third-order valence-electron chi connectivity index (χ3n) is 4.09. The molecule has 0 radical (unpaired) electrons. The van der Waals surface area contributed by atoms with Gasteiger partial charge in [-0.3, -0.25) is 0 Å². The van der Waals surface area contributed by atoms with Gasteiger partial charge in [0.05, 0.1) is 0 Å². The van der Waals surface area contributed by atoms with Crippen LogP contribution in [0.15, 0.2) is 24.3 Å². The number of phenolic OH excluding ortho intramolecular Hbond substituents is 1. The summed E-state index contributed by atoms with van der Waals surface area (Å²) in [7, 11) is 0. The van der Waals surface area contributed by atoms with Gasteiger partial charge in [-0.15, -0.1) is 0 Å². The van der Waals surface area contributed by atoms with Gasteiger partial charge in [-0.2, -0.15) is 0 Å². The van der Waals surface area contributed by atoms with Crippen molar-refractivity contribution in [3.05, 3.63) is 29.8 Å². The fourth-order valence-corrected chi connectivity index (χ4v) is 3.08. The van der Waals surface area contributed by atoms with E-state index in [1.807, 2.05) is 18.2 Å². The van der Waals surface area contributed by atoms with Crippen molar-refractivity contribution in [1.82, 2.24) is 5.32 Å². The van der Waals surface area contributed by atoms with E-state index in [1.165, 1.54) is 25.7 Å². The van der Waals surface area contributed by atoms with Crippen molar-refractivity contribution in [3.8, 4) is 5.75 Å². The molecule has 2 heteroatoms. The molecule has 1 fully saturated rings. The summed E-state index contributed by atoms with van der Waals surface area (Å²) < 4.78 is 0. The second-order valence-electron chi connectivity index (χ2n) is 5.66. The third-order valence-corrected chi connectivity index (χ3v) is 4.09. The zero-order chi connectivity index (χ0) is 13.0. The van der Waals surface area contributed by atoms with Crippen molar-refractivity contribution < 1.29 is 5.11 Å². The Balaban J connectivity index is 2.03. The summed E-state index contributed by atoms with van der Waals surface area (Å²) in [5.74, 6) is 1.25. The predicted molar refractivity (Wildman–Crippen MR) is 75.7 cm³/mol. The Morgan fingerprint density at radius 2 is 2.11 bits per heavy atom. The first-order chi connectivity index (χ1) is 8.70. The lowest BCUT2D eigenvalue weighted by Gasteiger charge is -2.31. The molecule has 2 rings (SSSR count). The van der Waals surface area contributed by atoms with E-state index in [1.54, 1.807) is 6.07 Å². The molecule has 2 N–H and O–H groups in total. The van der Waals surface area contributed by atoms with Crippen molar-refractivity contribution >= 4 is 0 Å². The van der Waals surface area contributed by atoms with Gasteiger partial charge in [-0.1, -0.05) is 44.9 Å². The summed E-state index contributed by atoms with van der Waals surface area (Å²) >= 11 is 0. The Labute approximate surface area is 110 Å². The molecule has 0 heterocycles. The predicted octanol–water partition coefficient (Wildman–Crippen LogP) is 4.01. The quantitative estimate of drug-likeness (QED) is 0.842. The van der Waals surface area contributed by atoms with Gasteiger partial charge in [0, 0.05) is 17.6 Å². The first kappa shape index (κ1) is 13.4. The first-order valence-corrected chi connectivity index (χ1v) is 7.24. The van der Waals surface area contributed by atoms with Crippen LogP contribution in [-0.2, 0) is 0 Å². The molecule has 3 atom stereocenters. The second kappa shape index (κ2) is 6.24. The lowest BCUT2D eigenvalue weighted by atomic mass is 9.86. The van der Waals surface area contributed by atoms with Crippen LogP contribution < -0.4 is 5.32 Å². The summed E-state index contributed by atoms with van der Waals surface area (Å²) in [6.07, 6.45) is 6.25. The summed E-state index contributed by atoms with van der Waals surface area (Å²) in [6, 6.07) is 8.59. The molecular weight excluding hydrogens is 222 g/mol. The van der Waals surface area contributed by atoms with E-state index in [9.17, 15) is 5.11 Å². The Morgan fingerprint density at radius 3 is 2.78 bits per heavy atom. The van der Waals surface area contributed by atoms with Crippen LogP contribution in [-0.4, -0.2) is 11.1 Å². The minimum Gasteiger partial charge on any atom is -0.508 e. The number of para-hydroxylation sites is 1. The highest BCUT2D eigenvalue weighted by atomic mass is 16.3. The van der Waals surface area contributed by atoms with Gasteiger partial charge in [0.2, 0.25) is 0 Å². The molecular formula is C16H25NO. The highest BCUT2D eigenvalue weighted by molar-refractivity contribution is 5.34. The summed E-state index contributed by atoms with van der Waals surface area (Å²) in [5, 5.41) is 13.7. The van der Waals surface area contributed by atoms with Crippen LogP contribution in [0.1, 0.15) is 57.6 Å². The molecule has 1 aliphatic rings. The first-order valence-electron chi connectivity index (χ1n) is 7.24. The van der Waals surface area contributed by atoms with E-state index in [0.29, 0.717) is 11.8 Å². The maximum Gasteiger partial charge on any atom is 0.120 e. The SMILES string of the molecule is CCC(NC1CCCC(C)C1)c1ccccc1O. The van der Waals surface area contributed by atoms with Crippen LogP contribution in [0.5, 0.6) is 5.75 Å². The number of benzene rings is 1. The van der Waals surface area contributed by atoms with Gasteiger partial charge in [0.25, 0.3) is 0 Å². The van der Waals surface area contributed by atoms with Crippen molar-refractivity contribution in [2.75, 3.05) is 0 Å². The molecule has 1 aromatic rings. The van der Waals surface area contributed by atoms with Gasteiger partial charge in [0.15, 0.2) is 0 Å². The van der Waals surface area contributed by atoms with Crippen LogP contribution >= 0.6 is 0 Å². The third kappa shape index (κ3) is 3.26. The second-order valence-corrected chi connectivity index (χ2v) is 5.66. The van der Waals surface area contributed by atoms with Crippen molar-refractivity contribution in [2.24, 2.45) is 5.92 Å². The number of rotatable bonds is 4. The normalized spacial score (nSPS) is 25.9. The number of hydrogen-bond donors (Lipinski definition) is 2. The topological polar surface area (TPSA) is 32.3 Å². The molecule has 0 saturated heterocycles. The number of hydrogen-bond acceptors (Lipinski definition) is 2. The number of nitrogens with one attached hydrogen (secondary N) is 1. The average molecular weight is 247 g/mol. The Bertz CT molecular complexity index is 377. The smallest absolute Gasteiger partial charge is 0.120 e. The zero-order valence-corrected chi connectivity index (χ0v) is 11.5. The fraction of sp³-hybridized carbons (Fsp3) is 0.625. The monoisotopic (exact) mass is 247 g/mol. The van der Waals surface area contributed by atoms with E-state index in [0.717, 1.165) is 17.9 Å². The van der Waals surface area contributed by atoms with E-state index in [-0.39, 0.29) is 6.04 Å². The van der Waals surface area contributed by atoms with Crippen molar-refractivity contribution in [2.45, 2.75) is 58.0 Å². The molecule has 2 nitrogen and oxygen atoms in total. The molecule has 18 heavy (non-hydrogen) atoms. The highest BCUT2D eigenvalue weighted by Gasteiger charge is 2.22. The van der Waals surface area contributed by atoms with Gasteiger partial charge < -0.3 is 10.4 Å². The van der Waals surface area contributed by atoms with Crippen LogP contribution in [0, 0.1) is 5.92 Å². The zero-order valence-electron chi connectivity index (χ0n) is 11.5. The molecule has 100 valence electrons. The van der Waals surface area contributed by atoms with Crippen LogP contribution in [0.4, 0.5) is 0 Å². The Hall–Kier alpha value is -1.02. The van der Waals surface area contributed by atoms with E-state index < -0.39 is 0 Å². The minimum absolute atomic E-state index is 0.279. The summed E-state index contributed by atoms with van der Waals surface area (Å²) in [4.78, 5) is 0. The number of aromatic hydroxyl groups is 1. The molecule has 1 aromatic carbocycles. The Kier molecular flexibility index (Phi) is 4.65. The van der Waals surface area contributed by atoms with E-state index >= 15 is 0 Å². The van der Waals surface area contributed by atoms with E-state index in [2.05, 4.69) is 19.2 Å². The fourth-order valence-electron chi connectivity index (χ4n) is 3.08. The molecule has 1 aliphatic carbocycles. The molecule has 1 saturated carbocycles. The Morgan fingerprint density at radius 1 is 1.33 bits per heavy atom.